The van der Waals surface area contributed by atoms with E-state index < -0.39 is 0 Å². The second kappa shape index (κ2) is 18.8. The summed E-state index contributed by atoms with van der Waals surface area (Å²) < 4.78 is 5.27. The summed E-state index contributed by atoms with van der Waals surface area (Å²) in [6.07, 6.45) is 23.8. The van der Waals surface area contributed by atoms with Crippen LogP contribution in [0.3, 0.4) is 0 Å². The first-order chi connectivity index (χ1) is 13.2. The molecule has 0 saturated carbocycles. The minimum Gasteiger partial charge on any atom is -0.469 e. The first-order valence-corrected chi connectivity index (χ1v) is 12.2. The normalized spacial score (nSPS) is 13.5. The van der Waals surface area contributed by atoms with Gasteiger partial charge in [0.25, 0.3) is 0 Å². The molecular weight excluding hydrogens is 332 g/mol. The zero-order valence-electron chi connectivity index (χ0n) is 19.3. The molecule has 0 saturated heterocycles. The molecule has 0 aliphatic heterocycles. The molecular formula is C25H50O2. The average molecular weight is 383 g/mol. The molecule has 1 atom stereocenters. The van der Waals surface area contributed by atoms with Crippen LogP contribution in [0.4, 0.5) is 0 Å². The molecule has 27 heavy (non-hydrogen) atoms. The Bertz CT molecular complexity index is 326. The molecule has 0 heterocycles. The van der Waals surface area contributed by atoms with E-state index in [1.807, 2.05) is 0 Å². The fourth-order valence-electron chi connectivity index (χ4n) is 4.25. The van der Waals surface area contributed by atoms with Crippen molar-refractivity contribution in [1.29, 1.82) is 0 Å². The molecule has 0 aromatic carbocycles. The fourth-order valence-corrected chi connectivity index (χ4v) is 4.25. The molecule has 0 spiro atoms. The minimum absolute atomic E-state index is 0.0587. The van der Waals surface area contributed by atoms with Crippen molar-refractivity contribution in [3.63, 3.8) is 0 Å². The van der Waals surface area contributed by atoms with Crippen molar-refractivity contribution in [1.82, 2.24) is 0 Å². The molecule has 0 aliphatic rings. The molecule has 0 aromatic heterocycles. The molecule has 0 bridgehead atoms. The summed E-state index contributed by atoms with van der Waals surface area (Å²) in [5.41, 5.74) is -0.210. The molecule has 0 radical (unpaired) electrons. The largest absolute Gasteiger partial charge is 0.469 e. The zero-order chi connectivity index (χ0) is 20.2. The summed E-state index contributed by atoms with van der Waals surface area (Å²) in [6, 6.07) is 0. The van der Waals surface area contributed by atoms with Gasteiger partial charge in [0, 0.05) is 0 Å². The van der Waals surface area contributed by atoms with Crippen molar-refractivity contribution in [2.75, 3.05) is 7.11 Å². The highest BCUT2D eigenvalue weighted by Crippen LogP contribution is 2.38. The average Bonchev–Trinajstić information content (AvgIpc) is 2.69. The lowest BCUT2D eigenvalue weighted by molar-refractivity contribution is -0.154. The number of carbonyl (C=O) groups is 1. The van der Waals surface area contributed by atoms with E-state index in [9.17, 15) is 4.79 Å². The third kappa shape index (κ3) is 13.3. The van der Waals surface area contributed by atoms with Crippen molar-refractivity contribution < 1.29 is 9.53 Å². The van der Waals surface area contributed by atoms with Gasteiger partial charge in [-0.25, -0.2) is 0 Å². The van der Waals surface area contributed by atoms with E-state index in [-0.39, 0.29) is 11.4 Å². The Kier molecular flexibility index (Phi) is 18.4. The van der Waals surface area contributed by atoms with Crippen LogP contribution in [0.25, 0.3) is 0 Å². The highest BCUT2D eigenvalue weighted by Gasteiger charge is 2.37. The van der Waals surface area contributed by atoms with Gasteiger partial charge in [-0.15, -0.1) is 0 Å². The quantitative estimate of drug-likeness (QED) is 0.155. The summed E-state index contributed by atoms with van der Waals surface area (Å²) >= 11 is 0. The number of methoxy groups -OCH3 is 1. The van der Waals surface area contributed by atoms with Crippen molar-refractivity contribution in [2.24, 2.45) is 5.41 Å². The van der Waals surface area contributed by atoms with Gasteiger partial charge >= 0.3 is 5.97 Å². The molecule has 2 nitrogen and oxygen atoms in total. The summed E-state index contributed by atoms with van der Waals surface area (Å²) in [5, 5.41) is 0. The van der Waals surface area contributed by atoms with Crippen molar-refractivity contribution >= 4 is 5.97 Å². The topological polar surface area (TPSA) is 26.3 Å². The van der Waals surface area contributed by atoms with Crippen LogP contribution in [0.15, 0.2) is 0 Å². The van der Waals surface area contributed by atoms with Gasteiger partial charge in [0.1, 0.15) is 0 Å². The molecule has 2 heteroatoms. The fraction of sp³-hybridized carbons (Fsp3) is 0.960. The van der Waals surface area contributed by atoms with Crippen LogP contribution >= 0.6 is 0 Å². The summed E-state index contributed by atoms with van der Waals surface area (Å²) in [5.74, 6) is 0.0587. The minimum atomic E-state index is -0.210. The molecule has 0 N–H and O–H groups in total. The predicted octanol–water partition coefficient (Wildman–Crippen LogP) is 8.62. The molecule has 1 unspecified atom stereocenters. The van der Waals surface area contributed by atoms with E-state index in [0.29, 0.717) is 0 Å². The van der Waals surface area contributed by atoms with E-state index in [2.05, 4.69) is 20.8 Å². The SMILES string of the molecule is CCCCCCCCCCCCC(CCCC)(CCCCCC)C(=O)OC. The maximum absolute atomic E-state index is 12.7. The number of ether oxygens (including phenoxy) is 1. The van der Waals surface area contributed by atoms with Gasteiger partial charge in [-0.05, 0) is 19.3 Å². The first-order valence-electron chi connectivity index (χ1n) is 12.2. The number of carbonyl (C=O) groups excluding carboxylic acids is 1. The monoisotopic (exact) mass is 382 g/mol. The smallest absolute Gasteiger partial charge is 0.311 e. The highest BCUT2D eigenvalue weighted by atomic mass is 16.5. The van der Waals surface area contributed by atoms with Gasteiger partial charge in [0.05, 0.1) is 12.5 Å². The van der Waals surface area contributed by atoms with Crippen LogP contribution in [0, 0.1) is 5.41 Å². The lowest BCUT2D eigenvalue weighted by Gasteiger charge is -2.31. The molecule has 0 amide bonds. The van der Waals surface area contributed by atoms with E-state index in [1.165, 1.54) is 89.9 Å². The molecule has 162 valence electrons. The Morgan fingerprint density at radius 3 is 1.30 bits per heavy atom. The number of hydrogen-bond donors (Lipinski definition) is 0. The number of rotatable bonds is 20. The first kappa shape index (κ1) is 26.5. The van der Waals surface area contributed by atoms with E-state index in [0.717, 1.165) is 32.1 Å². The molecule has 0 aliphatic carbocycles. The molecule has 0 aromatic rings. The standard InChI is InChI=1S/C25H50O2/c1-5-8-11-13-14-15-16-17-18-20-23-25(21-10-7-3,24(26)27-4)22-19-12-9-6-2/h5-23H2,1-4H3. The molecule has 0 fully saturated rings. The number of unbranched alkanes of at least 4 members (excludes halogenated alkanes) is 13. The zero-order valence-corrected chi connectivity index (χ0v) is 19.3. The van der Waals surface area contributed by atoms with Crippen LogP contribution in [0.5, 0.6) is 0 Å². The van der Waals surface area contributed by atoms with Crippen LogP contribution in [0.2, 0.25) is 0 Å². The Morgan fingerprint density at radius 2 is 0.889 bits per heavy atom. The second-order valence-corrected chi connectivity index (χ2v) is 8.62. The lowest BCUT2D eigenvalue weighted by Crippen LogP contribution is -2.32. The van der Waals surface area contributed by atoms with Crippen LogP contribution in [-0.4, -0.2) is 13.1 Å². The van der Waals surface area contributed by atoms with Crippen LogP contribution in [-0.2, 0) is 9.53 Å². The Hall–Kier alpha value is -0.530. The Morgan fingerprint density at radius 1 is 0.556 bits per heavy atom. The maximum Gasteiger partial charge on any atom is 0.311 e. The van der Waals surface area contributed by atoms with E-state index >= 15 is 0 Å². The van der Waals surface area contributed by atoms with E-state index in [4.69, 9.17) is 4.74 Å². The third-order valence-electron chi connectivity index (χ3n) is 6.15. The van der Waals surface area contributed by atoms with Crippen molar-refractivity contribution in [2.45, 2.75) is 143 Å². The third-order valence-corrected chi connectivity index (χ3v) is 6.15. The van der Waals surface area contributed by atoms with Crippen molar-refractivity contribution in [3.8, 4) is 0 Å². The maximum atomic E-state index is 12.7. The molecule has 0 rings (SSSR count). The van der Waals surface area contributed by atoms with Crippen molar-refractivity contribution in [3.05, 3.63) is 0 Å². The van der Waals surface area contributed by atoms with Gasteiger partial charge in [-0.1, -0.05) is 124 Å². The van der Waals surface area contributed by atoms with Crippen LogP contribution in [0.1, 0.15) is 143 Å². The van der Waals surface area contributed by atoms with Gasteiger partial charge < -0.3 is 4.74 Å². The lowest BCUT2D eigenvalue weighted by atomic mass is 9.74. The van der Waals surface area contributed by atoms with Crippen LogP contribution < -0.4 is 0 Å². The Balaban J connectivity index is 4.25. The second-order valence-electron chi connectivity index (χ2n) is 8.62. The summed E-state index contributed by atoms with van der Waals surface area (Å²) in [6.45, 7) is 6.74. The van der Waals surface area contributed by atoms with Gasteiger partial charge in [-0.2, -0.15) is 0 Å². The highest BCUT2D eigenvalue weighted by molar-refractivity contribution is 5.76. The number of esters is 1. The summed E-state index contributed by atoms with van der Waals surface area (Å²) in [7, 11) is 1.58. The van der Waals surface area contributed by atoms with E-state index in [1.54, 1.807) is 7.11 Å². The van der Waals surface area contributed by atoms with Gasteiger partial charge in [0.2, 0.25) is 0 Å². The predicted molar refractivity (Wildman–Crippen MR) is 119 cm³/mol. The number of hydrogen-bond acceptors (Lipinski definition) is 2. The Labute approximate surface area is 171 Å². The van der Waals surface area contributed by atoms with Gasteiger partial charge in [0.15, 0.2) is 0 Å². The summed E-state index contributed by atoms with van der Waals surface area (Å²) in [4.78, 5) is 12.7. The van der Waals surface area contributed by atoms with Gasteiger partial charge in [-0.3, -0.25) is 4.79 Å².